The average molecular weight is 686 g/mol. The molecule has 2 heterocycles. The van der Waals surface area contributed by atoms with Crippen LogP contribution in [0.3, 0.4) is 0 Å². The fourth-order valence-corrected chi connectivity index (χ4v) is 7.92. The van der Waals surface area contributed by atoms with Crippen molar-refractivity contribution in [2.75, 3.05) is 0 Å². The lowest BCUT2D eigenvalue weighted by Crippen LogP contribution is -2.34. The first-order chi connectivity index (χ1) is 26.0. The molecule has 0 saturated heterocycles. The maximum atomic E-state index is 6.83. The van der Waals surface area contributed by atoms with Crippen LogP contribution < -0.4 is 14.8 Å². The molecule has 0 fully saturated rings. The minimum atomic E-state index is -0.321. The molecule has 7 aromatic rings. The summed E-state index contributed by atoms with van der Waals surface area (Å²) in [7, 11) is 0. The molecule has 1 aliphatic carbocycles. The van der Waals surface area contributed by atoms with Crippen LogP contribution in [-0.4, -0.2) is 11.7 Å². The Labute approximate surface area is 309 Å². The van der Waals surface area contributed by atoms with Crippen molar-refractivity contribution in [1.29, 1.82) is 0 Å². The number of benzene rings is 7. The van der Waals surface area contributed by atoms with Crippen LogP contribution in [0.4, 0.5) is 0 Å². The highest BCUT2D eigenvalue weighted by Crippen LogP contribution is 2.58. The van der Waals surface area contributed by atoms with Crippen LogP contribution in [0.5, 0.6) is 23.0 Å². The number of amidine groups is 2. The molecule has 10 rings (SSSR count). The zero-order valence-electron chi connectivity index (χ0n) is 29.4. The van der Waals surface area contributed by atoms with Crippen molar-refractivity contribution in [3.05, 3.63) is 192 Å². The van der Waals surface area contributed by atoms with E-state index in [1.165, 1.54) is 16.7 Å². The fourth-order valence-electron chi connectivity index (χ4n) is 7.92. The van der Waals surface area contributed by atoms with E-state index in [1.54, 1.807) is 0 Å². The molecule has 0 radical (unpaired) electrons. The van der Waals surface area contributed by atoms with Crippen molar-refractivity contribution in [2.45, 2.75) is 25.4 Å². The summed E-state index contributed by atoms with van der Waals surface area (Å²) in [6.45, 7) is 4.55. The van der Waals surface area contributed by atoms with E-state index in [9.17, 15) is 0 Å². The number of fused-ring (bicyclic) bond motifs is 6. The molecule has 1 atom stereocenters. The van der Waals surface area contributed by atoms with Crippen molar-refractivity contribution >= 4 is 11.7 Å². The smallest absolute Gasteiger partial charge is 0.178 e. The fraction of sp³-hybridized carbons (Fsp3) is 0.0833. The molecule has 5 nitrogen and oxygen atoms in total. The lowest BCUT2D eigenvalue weighted by atomic mass is 9.82. The summed E-state index contributed by atoms with van der Waals surface area (Å²) in [6, 6.07) is 56.6. The second-order valence-corrected chi connectivity index (χ2v) is 14.2. The number of ether oxygens (including phenoxy) is 2. The number of rotatable bonds is 5. The molecule has 0 amide bonds. The van der Waals surface area contributed by atoms with Crippen LogP contribution in [0.1, 0.15) is 47.8 Å². The zero-order valence-corrected chi connectivity index (χ0v) is 29.4. The van der Waals surface area contributed by atoms with Gasteiger partial charge in [0, 0.05) is 22.1 Å². The van der Waals surface area contributed by atoms with Gasteiger partial charge in [-0.25, -0.2) is 9.98 Å². The Morgan fingerprint density at radius 2 is 1.19 bits per heavy atom. The Morgan fingerprint density at radius 1 is 0.509 bits per heavy atom. The Kier molecular flexibility index (Phi) is 7.15. The second-order valence-electron chi connectivity index (χ2n) is 14.2. The third-order valence-corrected chi connectivity index (χ3v) is 10.6. The van der Waals surface area contributed by atoms with E-state index >= 15 is 0 Å². The molecule has 0 aromatic heterocycles. The van der Waals surface area contributed by atoms with E-state index < -0.39 is 0 Å². The number of hydrogen-bond acceptors (Lipinski definition) is 5. The third-order valence-electron chi connectivity index (χ3n) is 10.6. The molecule has 0 saturated carbocycles. The zero-order chi connectivity index (χ0) is 35.5. The normalized spacial score (nSPS) is 16.0. The molecule has 0 bridgehead atoms. The minimum absolute atomic E-state index is 0.137. The first kappa shape index (κ1) is 31.1. The van der Waals surface area contributed by atoms with Gasteiger partial charge in [0.05, 0.1) is 0 Å². The molecule has 7 aromatic carbocycles. The van der Waals surface area contributed by atoms with Crippen LogP contribution in [0.25, 0.3) is 33.4 Å². The first-order valence-corrected chi connectivity index (χ1v) is 18.0. The quantitative estimate of drug-likeness (QED) is 0.196. The van der Waals surface area contributed by atoms with Crippen molar-refractivity contribution < 1.29 is 9.47 Å². The summed E-state index contributed by atoms with van der Waals surface area (Å²) < 4.78 is 13.3. The molecule has 1 unspecified atom stereocenters. The minimum Gasteiger partial charge on any atom is -0.449 e. The molecule has 1 N–H and O–H groups in total. The van der Waals surface area contributed by atoms with E-state index in [-0.39, 0.29) is 11.6 Å². The number of aliphatic imine (C=N–C) groups is 2. The van der Waals surface area contributed by atoms with Crippen LogP contribution in [-0.2, 0) is 5.41 Å². The average Bonchev–Trinajstić information content (AvgIpc) is 3.46. The van der Waals surface area contributed by atoms with Crippen LogP contribution in [0.15, 0.2) is 174 Å². The molecule has 5 heteroatoms. The largest absolute Gasteiger partial charge is 0.449 e. The molecule has 3 aliphatic rings. The maximum absolute atomic E-state index is 6.83. The van der Waals surface area contributed by atoms with Crippen LogP contribution >= 0.6 is 0 Å². The van der Waals surface area contributed by atoms with Gasteiger partial charge in [-0.05, 0) is 68.8 Å². The van der Waals surface area contributed by atoms with Gasteiger partial charge in [0.15, 0.2) is 28.8 Å². The van der Waals surface area contributed by atoms with Gasteiger partial charge in [0.1, 0.15) is 12.0 Å². The Balaban J connectivity index is 1.05. The summed E-state index contributed by atoms with van der Waals surface area (Å²) in [5, 5.41) is 3.67. The first-order valence-electron chi connectivity index (χ1n) is 18.0. The van der Waals surface area contributed by atoms with Crippen LogP contribution in [0, 0.1) is 0 Å². The van der Waals surface area contributed by atoms with Gasteiger partial charge in [-0.15, -0.1) is 0 Å². The number of nitrogens with zero attached hydrogens (tertiary/aromatic N) is 2. The summed E-state index contributed by atoms with van der Waals surface area (Å²) >= 11 is 0. The standard InChI is InChI=1S/C48H35N3O2/c1-48(2)38-23-12-11-22-37(38)43-39(48)25-27-41-44(43)53-42-29-33(24-26-40(42)52-41)35-20-9-10-21-36(35)47-50-45(31-16-7-4-8-17-31)49-46(51-47)34-19-13-18-32(28-34)30-14-5-3-6-15-30/h3-29,45H,1-2H3,(H,49,50,51). The summed E-state index contributed by atoms with van der Waals surface area (Å²) in [4.78, 5) is 10.4. The topological polar surface area (TPSA) is 55.2 Å². The number of nitrogens with one attached hydrogen (secondary N) is 1. The van der Waals surface area contributed by atoms with Gasteiger partial charge in [-0.3, -0.25) is 0 Å². The Morgan fingerprint density at radius 3 is 2.02 bits per heavy atom. The molecule has 2 aliphatic heterocycles. The molecule has 254 valence electrons. The third kappa shape index (κ3) is 5.24. The highest BCUT2D eigenvalue weighted by Gasteiger charge is 2.39. The highest BCUT2D eigenvalue weighted by atomic mass is 16.6. The summed E-state index contributed by atoms with van der Waals surface area (Å²) in [6.07, 6.45) is -0.321. The summed E-state index contributed by atoms with van der Waals surface area (Å²) in [5.74, 6) is 4.29. The SMILES string of the molecule is CC1(C)c2ccccc2-c2c1ccc1c2Oc2cc(-c3ccccc3C3=NC(c4cccc(-c5ccccc5)c4)=NC(c4ccccc4)N3)ccc2O1. The van der Waals surface area contributed by atoms with E-state index in [0.29, 0.717) is 17.3 Å². The van der Waals surface area contributed by atoms with Crippen molar-refractivity contribution in [2.24, 2.45) is 9.98 Å². The van der Waals surface area contributed by atoms with Crippen molar-refractivity contribution in [1.82, 2.24) is 5.32 Å². The predicted molar refractivity (Wildman–Crippen MR) is 213 cm³/mol. The second kappa shape index (κ2) is 12.2. The van der Waals surface area contributed by atoms with E-state index in [1.807, 2.05) is 36.4 Å². The van der Waals surface area contributed by atoms with E-state index in [4.69, 9.17) is 19.5 Å². The Hall–Kier alpha value is -6.72. The molecule has 53 heavy (non-hydrogen) atoms. The van der Waals surface area contributed by atoms with Gasteiger partial charge < -0.3 is 14.8 Å². The van der Waals surface area contributed by atoms with Gasteiger partial charge in [0.25, 0.3) is 0 Å². The van der Waals surface area contributed by atoms with Gasteiger partial charge in [-0.1, -0.05) is 153 Å². The monoisotopic (exact) mass is 685 g/mol. The predicted octanol–water partition coefficient (Wildman–Crippen LogP) is 11.7. The van der Waals surface area contributed by atoms with Crippen LogP contribution in [0.2, 0.25) is 0 Å². The van der Waals surface area contributed by atoms with Crippen molar-refractivity contribution in [3.63, 3.8) is 0 Å². The summed E-state index contributed by atoms with van der Waals surface area (Å²) in [5.41, 5.74) is 12.0. The van der Waals surface area contributed by atoms with Gasteiger partial charge >= 0.3 is 0 Å². The van der Waals surface area contributed by atoms with E-state index in [0.717, 1.165) is 61.8 Å². The number of hydrogen-bond donors (Lipinski definition) is 1. The molecular formula is C48H35N3O2. The lowest BCUT2D eigenvalue weighted by molar-refractivity contribution is 0.360. The molecular weight excluding hydrogens is 651 g/mol. The lowest BCUT2D eigenvalue weighted by Gasteiger charge is -2.26. The highest BCUT2D eigenvalue weighted by molar-refractivity contribution is 6.15. The van der Waals surface area contributed by atoms with Crippen molar-refractivity contribution in [3.8, 4) is 56.4 Å². The maximum Gasteiger partial charge on any atom is 0.178 e. The Bertz CT molecular complexity index is 2620. The van der Waals surface area contributed by atoms with Gasteiger partial charge in [-0.2, -0.15) is 0 Å². The molecule has 0 spiro atoms. The van der Waals surface area contributed by atoms with Gasteiger partial charge in [0.2, 0.25) is 0 Å². The van der Waals surface area contributed by atoms with E-state index in [2.05, 4.69) is 147 Å².